The van der Waals surface area contributed by atoms with E-state index in [0.717, 1.165) is 24.3 Å². The Morgan fingerprint density at radius 2 is 1.80 bits per heavy atom. The Bertz CT molecular complexity index is 2100. The number of benzene rings is 2. The molecule has 4 aromatic rings. The number of carbonyl (C=O) groups excluding carboxylic acids is 3. The molecular weight excluding hydrogens is 739 g/mol. The third-order valence-corrected chi connectivity index (χ3v) is 8.21. The van der Waals surface area contributed by atoms with E-state index in [4.69, 9.17) is 14.4 Å². The quantitative estimate of drug-likeness (QED) is 0.108. The molecule has 3 heterocycles. The first-order chi connectivity index (χ1) is 26.1. The molecule has 0 saturated carbocycles. The molecule has 0 aliphatic carbocycles. The van der Waals surface area contributed by atoms with E-state index < -0.39 is 65.2 Å². The van der Waals surface area contributed by atoms with Crippen molar-refractivity contribution in [3.05, 3.63) is 76.8 Å². The highest BCUT2D eigenvalue weighted by atomic mass is 19.4. The summed E-state index contributed by atoms with van der Waals surface area (Å²) < 4.78 is 82.0. The number of hydrazone groups is 1. The van der Waals surface area contributed by atoms with Crippen molar-refractivity contribution >= 4 is 29.9 Å². The molecule has 5 rings (SSSR count). The number of fused-ring (bicyclic) bond motifs is 1. The molecular formula is C35H35F5N8O7. The van der Waals surface area contributed by atoms with Gasteiger partial charge in [-0.3, -0.25) is 24.2 Å². The molecule has 3 atom stereocenters. The molecule has 20 heteroatoms. The zero-order chi connectivity index (χ0) is 40.0. The summed E-state index contributed by atoms with van der Waals surface area (Å²) in [7, 11) is 0. The number of rotatable bonds is 15. The van der Waals surface area contributed by atoms with E-state index in [1.807, 2.05) is 0 Å². The first-order valence-electron chi connectivity index (χ1n) is 16.8. The maximum atomic E-state index is 14.6. The Morgan fingerprint density at radius 1 is 1.04 bits per heavy atom. The van der Waals surface area contributed by atoms with Crippen LogP contribution in [-0.4, -0.2) is 80.4 Å². The minimum atomic E-state index is -4.82. The maximum Gasteiger partial charge on any atom is 0.417 e. The van der Waals surface area contributed by atoms with Gasteiger partial charge in [0.2, 0.25) is 11.8 Å². The van der Waals surface area contributed by atoms with Gasteiger partial charge in [0.05, 0.1) is 36.2 Å². The van der Waals surface area contributed by atoms with Crippen molar-refractivity contribution in [1.29, 1.82) is 0 Å². The zero-order valence-corrected chi connectivity index (χ0v) is 29.5. The molecule has 1 aliphatic heterocycles. The normalized spacial score (nSPS) is 14.1. The number of hydrogen-bond donors (Lipinski definition) is 5. The lowest BCUT2D eigenvalue weighted by atomic mass is 10.0. The minimum absolute atomic E-state index is 0.0108. The summed E-state index contributed by atoms with van der Waals surface area (Å²) >= 11 is 0. The summed E-state index contributed by atoms with van der Waals surface area (Å²) in [5.41, 5.74) is -1.31. The number of ether oxygens (including phenoxy) is 1. The van der Waals surface area contributed by atoms with E-state index in [-0.39, 0.29) is 66.0 Å². The number of amides is 3. The van der Waals surface area contributed by atoms with E-state index in [1.165, 1.54) is 43.3 Å². The Hall–Kier alpha value is -6.34. The number of aliphatic carboxylic acids is 1. The van der Waals surface area contributed by atoms with Gasteiger partial charge in [-0.25, -0.2) is 13.8 Å². The van der Waals surface area contributed by atoms with Crippen LogP contribution in [0.3, 0.4) is 0 Å². The first-order valence-corrected chi connectivity index (χ1v) is 16.8. The molecule has 3 unspecified atom stereocenters. The fourth-order valence-corrected chi connectivity index (χ4v) is 5.38. The molecule has 0 fully saturated rings. The molecule has 0 saturated heterocycles. The lowest BCUT2D eigenvalue weighted by Crippen LogP contribution is -2.49. The van der Waals surface area contributed by atoms with Gasteiger partial charge in [-0.2, -0.15) is 18.3 Å². The summed E-state index contributed by atoms with van der Waals surface area (Å²) in [6.45, 7) is 4.07. The molecule has 2 aromatic heterocycles. The Balaban J connectivity index is 1.39. The lowest BCUT2D eigenvalue weighted by Gasteiger charge is -2.28. The van der Waals surface area contributed by atoms with Crippen LogP contribution in [0.15, 0.2) is 52.1 Å². The van der Waals surface area contributed by atoms with Gasteiger partial charge in [-0.1, -0.05) is 18.1 Å². The van der Waals surface area contributed by atoms with E-state index in [9.17, 15) is 41.1 Å². The van der Waals surface area contributed by atoms with Crippen molar-refractivity contribution in [3.63, 3.8) is 0 Å². The average Bonchev–Trinajstić information content (AvgIpc) is 3.79. The standard InChI is InChI=1S/C35H35F5N8O7/c1-4-12-54-19-8-9-20(22(13-19)35(38,39)40)24-14-27(55-47-24)30(33(51)41-11-10-28(49)43-17(2)32(50)44-18(3)34(52)53)48-16-26-25(15-42-48)45-31(46-26)21-6-5-7-23(36)29(21)37/h5-9,13-15,17-18,30H,4,10-12,16H2,1-3H3,(H,41,51)(H,43,49)(H,44,50)(H,45,46)(H,52,53). The van der Waals surface area contributed by atoms with Crippen LogP contribution in [0.25, 0.3) is 22.6 Å². The molecule has 1 aliphatic rings. The van der Waals surface area contributed by atoms with Crippen LogP contribution in [0.4, 0.5) is 22.0 Å². The monoisotopic (exact) mass is 774 g/mol. The number of aromatic nitrogens is 3. The fourth-order valence-electron chi connectivity index (χ4n) is 5.38. The third-order valence-electron chi connectivity index (χ3n) is 8.21. The van der Waals surface area contributed by atoms with Gasteiger partial charge in [-0.05, 0) is 50.6 Å². The van der Waals surface area contributed by atoms with Crippen molar-refractivity contribution in [2.24, 2.45) is 5.10 Å². The van der Waals surface area contributed by atoms with Crippen molar-refractivity contribution in [1.82, 2.24) is 36.1 Å². The third kappa shape index (κ3) is 9.43. The number of alkyl halides is 3. The molecule has 5 N–H and O–H groups in total. The van der Waals surface area contributed by atoms with Gasteiger partial charge in [0, 0.05) is 24.6 Å². The zero-order valence-electron chi connectivity index (χ0n) is 29.5. The van der Waals surface area contributed by atoms with Gasteiger partial charge < -0.3 is 35.3 Å². The fraction of sp³-hybridized carbons (Fsp3) is 0.343. The summed E-state index contributed by atoms with van der Waals surface area (Å²) in [6.07, 6.45) is -3.37. The average molecular weight is 775 g/mol. The maximum absolute atomic E-state index is 14.6. The topological polar surface area (TPSA) is 204 Å². The highest BCUT2D eigenvalue weighted by Gasteiger charge is 2.37. The molecule has 3 amide bonds. The number of imidazole rings is 1. The Labute approximate surface area is 309 Å². The number of carbonyl (C=O) groups is 4. The Morgan fingerprint density at radius 3 is 2.51 bits per heavy atom. The molecule has 0 radical (unpaired) electrons. The number of nitrogens with zero attached hydrogens (tertiary/aromatic N) is 4. The molecule has 0 bridgehead atoms. The van der Waals surface area contributed by atoms with Crippen molar-refractivity contribution in [2.45, 2.75) is 64.5 Å². The van der Waals surface area contributed by atoms with E-state index >= 15 is 0 Å². The summed E-state index contributed by atoms with van der Waals surface area (Å²) in [5.74, 6) is -6.07. The van der Waals surface area contributed by atoms with Crippen molar-refractivity contribution in [3.8, 4) is 28.4 Å². The number of hydrogen-bond acceptors (Lipinski definition) is 10. The van der Waals surface area contributed by atoms with E-state index in [2.05, 4.69) is 36.2 Å². The number of halogens is 5. The molecule has 15 nitrogen and oxygen atoms in total. The van der Waals surface area contributed by atoms with E-state index in [1.54, 1.807) is 6.92 Å². The van der Waals surface area contributed by atoms with Gasteiger partial charge in [0.15, 0.2) is 23.4 Å². The number of aromatic amines is 1. The SMILES string of the molecule is CCCOc1ccc(-c2cc(C(C(=O)NCCC(=O)NC(C)C(=O)NC(C)C(=O)O)N3Cc4[nH]c(-c5cccc(F)c5F)nc4C=N3)on2)c(C(F)(F)F)c1. The molecule has 0 spiro atoms. The predicted molar refractivity (Wildman–Crippen MR) is 183 cm³/mol. The largest absolute Gasteiger partial charge is 0.494 e. The highest BCUT2D eigenvalue weighted by Crippen LogP contribution is 2.40. The number of carboxylic acid groups (broad SMARTS) is 1. The van der Waals surface area contributed by atoms with Crippen LogP contribution in [0.1, 0.15) is 62.4 Å². The summed E-state index contributed by atoms with van der Waals surface area (Å²) in [5, 5.41) is 25.5. The minimum Gasteiger partial charge on any atom is -0.494 e. The van der Waals surface area contributed by atoms with Crippen LogP contribution in [0.2, 0.25) is 0 Å². The van der Waals surface area contributed by atoms with Gasteiger partial charge in [0.25, 0.3) is 5.91 Å². The van der Waals surface area contributed by atoms with Crippen molar-refractivity contribution in [2.75, 3.05) is 13.2 Å². The molecule has 2 aromatic carbocycles. The second-order valence-electron chi connectivity index (χ2n) is 12.4. The van der Waals surface area contributed by atoms with Crippen LogP contribution >= 0.6 is 0 Å². The van der Waals surface area contributed by atoms with Crippen LogP contribution in [0, 0.1) is 11.6 Å². The number of nitrogens with one attached hydrogen (secondary N) is 4. The summed E-state index contributed by atoms with van der Waals surface area (Å²) in [6, 6.07) is 4.19. The molecule has 55 heavy (non-hydrogen) atoms. The summed E-state index contributed by atoms with van der Waals surface area (Å²) in [4.78, 5) is 56.8. The Kier molecular flexibility index (Phi) is 12.2. The predicted octanol–water partition coefficient (Wildman–Crippen LogP) is 4.31. The highest BCUT2D eigenvalue weighted by molar-refractivity contribution is 5.90. The number of H-pyrrole nitrogens is 1. The van der Waals surface area contributed by atoms with Gasteiger partial charge in [-0.15, -0.1) is 0 Å². The first kappa shape index (κ1) is 39.9. The lowest BCUT2D eigenvalue weighted by molar-refractivity contribution is -0.141. The van der Waals surface area contributed by atoms with E-state index in [0.29, 0.717) is 12.1 Å². The van der Waals surface area contributed by atoms with Crippen molar-refractivity contribution < 1.29 is 55.5 Å². The second kappa shape index (κ2) is 16.8. The smallest absolute Gasteiger partial charge is 0.417 e. The van der Waals surface area contributed by atoms with Gasteiger partial charge in [0.1, 0.15) is 35.0 Å². The van der Waals surface area contributed by atoms with Crippen LogP contribution in [-0.2, 0) is 31.9 Å². The van der Waals surface area contributed by atoms with Crippen LogP contribution in [0.5, 0.6) is 5.75 Å². The number of carboxylic acids is 1. The molecule has 292 valence electrons. The second-order valence-corrected chi connectivity index (χ2v) is 12.4. The van der Waals surface area contributed by atoms with Crippen LogP contribution < -0.4 is 20.7 Å². The van der Waals surface area contributed by atoms with Gasteiger partial charge >= 0.3 is 12.1 Å².